The zero-order chi connectivity index (χ0) is 17.1. The van der Waals surface area contributed by atoms with E-state index in [1.807, 2.05) is 31.2 Å². The van der Waals surface area contributed by atoms with Crippen LogP contribution in [-0.2, 0) is 0 Å². The number of amides is 1. The van der Waals surface area contributed by atoms with Gasteiger partial charge in [0.15, 0.2) is 5.69 Å². The number of nitrogens with zero attached hydrogens (tertiary/aromatic N) is 1. The fraction of sp³-hybridized carbons (Fsp3) is 0.167. The smallest absolute Gasteiger partial charge is 0.272 e. The molecule has 24 heavy (non-hydrogen) atoms. The Kier molecular flexibility index (Phi) is 4.76. The van der Waals surface area contributed by atoms with Crippen molar-refractivity contribution < 1.29 is 4.79 Å². The van der Waals surface area contributed by atoms with Crippen molar-refractivity contribution in [2.24, 2.45) is 0 Å². The minimum atomic E-state index is -0.308. The predicted octanol–water partition coefficient (Wildman–Crippen LogP) is 3.57. The van der Waals surface area contributed by atoms with E-state index in [2.05, 4.69) is 31.4 Å². The Bertz CT molecular complexity index is 935. The molecule has 1 aromatic heterocycles. The molecule has 0 unspecified atom stereocenters. The van der Waals surface area contributed by atoms with Gasteiger partial charge in [0.2, 0.25) is 0 Å². The molecule has 0 radical (unpaired) electrons. The molecule has 0 fully saturated rings. The Hall–Kier alpha value is -2.47. The number of carbonyl (C=O) groups excluding carboxylic acids is 1. The van der Waals surface area contributed by atoms with Crippen molar-refractivity contribution in [3.63, 3.8) is 0 Å². The van der Waals surface area contributed by atoms with Gasteiger partial charge in [-0.2, -0.15) is 5.10 Å². The summed E-state index contributed by atoms with van der Waals surface area (Å²) in [6.45, 7) is 2.01. The predicted molar refractivity (Wildman–Crippen MR) is 97.0 cm³/mol. The van der Waals surface area contributed by atoms with Crippen molar-refractivity contribution in [2.75, 3.05) is 0 Å². The third-order valence-electron chi connectivity index (χ3n) is 3.90. The number of hydrogen-bond donors (Lipinski definition) is 2. The van der Waals surface area contributed by atoms with Crippen LogP contribution in [0.1, 0.15) is 35.4 Å². The van der Waals surface area contributed by atoms with Gasteiger partial charge >= 0.3 is 0 Å². The van der Waals surface area contributed by atoms with Crippen LogP contribution in [0.4, 0.5) is 0 Å². The van der Waals surface area contributed by atoms with Gasteiger partial charge in [0.05, 0.1) is 11.4 Å². The van der Waals surface area contributed by atoms with Gasteiger partial charge in [0.1, 0.15) is 0 Å². The highest BCUT2D eigenvalue weighted by atomic mass is 79.9. The largest absolute Gasteiger partial charge is 0.344 e. The summed E-state index contributed by atoms with van der Waals surface area (Å²) < 4.78 is 0.987. The number of aromatic nitrogens is 2. The molecule has 122 valence electrons. The second-order valence-corrected chi connectivity index (χ2v) is 6.35. The van der Waals surface area contributed by atoms with Crippen molar-refractivity contribution in [3.05, 3.63) is 74.6 Å². The van der Waals surface area contributed by atoms with Gasteiger partial charge in [0.25, 0.3) is 11.5 Å². The number of aromatic amines is 1. The van der Waals surface area contributed by atoms with Gasteiger partial charge in [0, 0.05) is 9.86 Å². The zero-order valence-electron chi connectivity index (χ0n) is 13.0. The molecule has 0 spiro atoms. The van der Waals surface area contributed by atoms with Gasteiger partial charge in [-0.1, -0.05) is 53.2 Å². The van der Waals surface area contributed by atoms with E-state index in [9.17, 15) is 9.59 Å². The van der Waals surface area contributed by atoms with Crippen LogP contribution in [0.25, 0.3) is 10.8 Å². The van der Waals surface area contributed by atoms with E-state index >= 15 is 0 Å². The fourth-order valence-corrected chi connectivity index (χ4v) is 2.89. The van der Waals surface area contributed by atoms with Crippen molar-refractivity contribution >= 4 is 32.6 Å². The standard InChI is InChI=1S/C18H16BrN3O2/c1-2-15(11-7-9-12(19)10-8-11)20-18(24)16-13-5-3-4-6-14(13)17(23)22-21-16/h3-10,15H,2H2,1H3,(H,20,24)(H,22,23)/t15-/m1/s1. The summed E-state index contributed by atoms with van der Waals surface area (Å²) in [7, 11) is 0. The highest BCUT2D eigenvalue weighted by Gasteiger charge is 2.18. The minimum absolute atomic E-state index is 0.127. The maximum absolute atomic E-state index is 12.7. The van der Waals surface area contributed by atoms with Crippen molar-refractivity contribution in [1.82, 2.24) is 15.5 Å². The van der Waals surface area contributed by atoms with E-state index in [0.29, 0.717) is 10.8 Å². The average molecular weight is 386 g/mol. The summed E-state index contributed by atoms with van der Waals surface area (Å²) in [5.74, 6) is -0.308. The summed E-state index contributed by atoms with van der Waals surface area (Å²) in [6, 6.07) is 14.6. The van der Waals surface area contributed by atoms with Gasteiger partial charge in [-0.25, -0.2) is 5.10 Å². The molecule has 1 atom stereocenters. The van der Waals surface area contributed by atoms with Crippen LogP contribution in [0.2, 0.25) is 0 Å². The Balaban J connectivity index is 1.93. The summed E-state index contributed by atoms with van der Waals surface area (Å²) in [5.41, 5.74) is 0.936. The summed E-state index contributed by atoms with van der Waals surface area (Å²) in [4.78, 5) is 24.5. The lowest BCUT2D eigenvalue weighted by molar-refractivity contribution is 0.0931. The van der Waals surface area contributed by atoms with Crippen molar-refractivity contribution in [3.8, 4) is 0 Å². The van der Waals surface area contributed by atoms with Crippen LogP contribution >= 0.6 is 15.9 Å². The molecule has 2 N–H and O–H groups in total. The maximum Gasteiger partial charge on any atom is 0.272 e. The maximum atomic E-state index is 12.7. The number of rotatable bonds is 4. The molecular formula is C18H16BrN3O2. The second kappa shape index (κ2) is 6.97. The van der Waals surface area contributed by atoms with E-state index in [0.717, 1.165) is 16.5 Å². The lowest BCUT2D eigenvalue weighted by atomic mass is 10.0. The normalized spacial score (nSPS) is 12.1. The number of carbonyl (C=O) groups is 1. The van der Waals surface area contributed by atoms with E-state index in [1.165, 1.54) is 0 Å². The Morgan fingerprint density at radius 2 is 1.83 bits per heavy atom. The fourth-order valence-electron chi connectivity index (χ4n) is 2.63. The second-order valence-electron chi connectivity index (χ2n) is 5.43. The molecule has 0 aliphatic carbocycles. The summed E-state index contributed by atoms with van der Waals surface area (Å²) >= 11 is 3.41. The monoisotopic (exact) mass is 385 g/mol. The SMILES string of the molecule is CC[C@@H](NC(=O)c1n[nH]c(=O)c2ccccc12)c1ccc(Br)cc1. The van der Waals surface area contributed by atoms with Crippen LogP contribution in [0.3, 0.4) is 0 Å². The van der Waals surface area contributed by atoms with E-state index in [1.54, 1.807) is 24.3 Å². The molecule has 2 aromatic carbocycles. The molecular weight excluding hydrogens is 370 g/mol. The topological polar surface area (TPSA) is 74.8 Å². The third-order valence-corrected chi connectivity index (χ3v) is 4.43. The van der Waals surface area contributed by atoms with Crippen LogP contribution in [0.15, 0.2) is 57.8 Å². The van der Waals surface area contributed by atoms with E-state index < -0.39 is 0 Å². The van der Waals surface area contributed by atoms with Gasteiger partial charge in [-0.05, 0) is 30.2 Å². The van der Waals surface area contributed by atoms with Crippen LogP contribution in [0.5, 0.6) is 0 Å². The molecule has 0 saturated carbocycles. The number of benzene rings is 2. The first-order chi connectivity index (χ1) is 11.6. The third kappa shape index (κ3) is 3.23. The molecule has 0 bridgehead atoms. The first kappa shape index (κ1) is 16.4. The Labute approximate surface area is 147 Å². The first-order valence-electron chi connectivity index (χ1n) is 7.64. The zero-order valence-corrected chi connectivity index (χ0v) is 14.6. The number of nitrogens with one attached hydrogen (secondary N) is 2. The molecule has 6 heteroatoms. The Morgan fingerprint density at radius 3 is 2.50 bits per heavy atom. The molecule has 0 saturated heterocycles. The van der Waals surface area contributed by atoms with Crippen molar-refractivity contribution in [1.29, 1.82) is 0 Å². The molecule has 5 nitrogen and oxygen atoms in total. The molecule has 0 aliphatic rings. The lowest BCUT2D eigenvalue weighted by Gasteiger charge is -2.17. The van der Waals surface area contributed by atoms with Gasteiger partial charge in [-0.15, -0.1) is 0 Å². The molecule has 3 aromatic rings. The van der Waals surface area contributed by atoms with Crippen LogP contribution < -0.4 is 10.9 Å². The number of H-pyrrole nitrogens is 1. The van der Waals surface area contributed by atoms with Crippen LogP contribution in [-0.4, -0.2) is 16.1 Å². The number of halogens is 1. The van der Waals surface area contributed by atoms with E-state index in [-0.39, 0.29) is 23.2 Å². The minimum Gasteiger partial charge on any atom is -0.344 e. The number of hydrogen-bond acceptors (Lipinski definition) is 3. The first-order valence-corrected chi connectivity index (χ1v) is 8.43. The Morgan fingerprint density at radius 1 is 1.17 bits per heavy atom. The average Bonchev–Trinajstić information content (AvgIpc) is 2.61. The summed E-state index contributed by atoms with van der Waals surface area (Å²) in [6.07, 6.45) is 0.745. The highest BCUT2D eigenvalue weighted by Crippen LogP contribution is 2.20. The van der Waals surface area contributed by atoms with Crippen LogP contribution in [0, 0.1) is 0 Å². The van der Waals surface area contributed by atoms with Gasteiger partial charge in [-0.3, -0.25) is 9.59 Å². The number of fused-ring (bicyclic) bond motifs is 1. The molecule has 3 rings (SSSR count). The molecule has 0 aliphatic heterocycles. The summed E-state index contributed by atoms with van der Waals surface area (Å²) in [5, 5.41) is 10.3. The lowest BCUT2D eigenvalue weighted by Crippen LogP contribution is -2.30. The van der Waals surface area contributed by atoms with Crippen molar-refractivity contribution in [2.45, 2.75) is 19.4 Å². The molecule has 1 amide bonds. The highest BCUT2D eigenvalue weighted by molar-refractivity contribution is 9.10. The quantitative estimate of drug-likeness (QED) is 0.720. The molecule has 1 heterocycles. The van der Waals surface area contributed by atoms with E-state index in [4.69, 9.17) is 0 Å². The van der Waals surface area contributed by atoms with Gasteiger partial charge < -0.3 is 5.32 Å².